The Bertz CT molecular complexity index is 694. The summed E-state index contributed by atoms with van der Waals surface area (Å²) in [6.07, 6.45) is 1.34. The average Bonchev–Trinajstić information content (AvgIpc) is 2.93. The summed E-state index contributed by atoms with van der Waals surface area (Å²) >= 11 is 5.82. The number of amides is 1. The predicted octanol–water partition coefficient (Wildman–Crippen LogP) is 2.76. The SMILES string of the molecule is CC(C)[C@@H](NC(=O)Cc1coc(-c2ccc(Cl)cc2)n1)C(=O)O. The molecule has 1 amide bonds. The van der Waals surface area contributed by atoms with Crippen molar-refractivity contribution < 1.29 is 19.1 Å². The van der Waals surface area contributed by atoms with E-state index in [0.29, 0.717) is 16.6 Å². The zero-order valence-electron chi connectivity index (χ0n) is 12.7. The molecule has 1 atom stereocenters. The summed E-state index contributed by atoms with van der Waals surface area (Å²) < 4.78 is 5.34. The predicted molar refractivity (Wildman–Crippen MR) is 85.1 cm³/mol. The third kappa shape index (κ3) is 4.56. The van der Waals surface area contributed by atoms with Gasteiger partial charge in [0, 0.05) is 10.6 Å². The van der Waals surface area contributed by atoms with Gasteiger partial charge in [-0.3, -0.25) is 4.79 Å². The highest BCUT2D eigenvalue weighted by Gasteiger charge is 2.23. The number of aromatic nitrogens is 1. The van der Waals surface area contributed by atoms with Gasteiger partial charge in [-0.05, 0) is 30.2 Å². The number of hydrogen-bond donors (Lipinski definition) is 2. The van der Waals surface area contributed by atoms with Crippen LogP contribution in [0.5, 0.6) is 0 Å². The van der Waals surface area contributed by atoms with Crippen molar-refractivity contribution in [3.63, 3.8) is 0 Å². The molecule has 1 aromatic carbocycles. The van der Waals surface area contributed by atoms with Crippen molar-refractivity contribution in [2.75, 3.05) is 0 Å². The Hall–Kier alpha value is -2.34. The molecular weight excluding hydrogens is 320 g/mol. The Morgan fingerprint density at radius 1 is 1.30 bits per heavy atom. The van der Waals surface area contributed by atoms with Crippen LogP contribution in [0.15, 0.2) is 34.9 Å². The van der Waals surface area contributed by atoms with Crippen LogP contribution >= 0.6 is 11.6 Å². The third-order valence-corrected chi connectivity index (χ3v) is 3.49. The zero-order valence-corrected chi connectivity index (χ0v) is 13.5. The molecule has 6 nitrogen and oxygen atoms in total. The molecule has 0 saturated heterocycles. The summed E-state index contributed by atoms with van der Waals surface area (Å²) in [5.41, 5.74) is 1.17. The fraction of sp³-hybridized carbons (Fsp3) is 0.312. The van der Waals surface area contributed by atoms with Crippen LogP contribution in [0.2, 0.25) is 5.02 Å². The number of nitrogens with zero attached hydrogens (tertiary/aromatic N) is 1. The van der Waals surface area contributed by atoms with E-state index in [9.17, 15) is 9.59 Å². The Balaban J connectivity index is 2.02. The summed E-state index contributed by atoms with van der Waals surface area (Å²) in [4.78, 5) is 27.3. The molecule has 0 radical (unpaired) electrons. The van der Waals surface area contributed by atoms with Gasteiger partial charge in [0.1, 0.15) is 12.3 Å². The Labute approximate surface area is 138 Å². The molecule has 0 aliphatic heterocycles. The molecule has 7 heteroatoms. The number of aliphatic carboxylic acids is 1. The number of nitrogens with one attached hydrogen (secondary N) is 1. The fourth-order valence-electron chi connectivity index (χ4n) is 2.02. The lowest BCUT2D eigenvalue weighted by molar-refractivity contribution is -0.143. The van der Waals surface area contributed by atoms with Gasteiger partial charge in [-0.2, -0.15) is 0 Å². The maximum atomic E-state index is 11.9. The van der Waals surface area contributed by atoms with Crippen LogP contribution in [-0.4, -0.2) is 28.0 Å². The molecule has 0 fully saturated rings. The summed E-state index contributed by atoms with van der Waals surface area (Å²) in [7, 11) is 0. The van der Waals surface area contributed by atoms with E-state index in [4.69, 9.17) is 21.1 Å². The van der Waals surface area contributed by atoms with E-state index >= 15 is 0 Å². The minimum Gasteiger partial charge on any atom is -0.480 e. The van der Waals surface area contributed by atoms with Crippen molar-refractivity contribution in [3.05, 3.63) is 41.2 Å². The number of carboxylic acid groups (broad SMARTS) is 1. The number of carboxylic acids is 1. The Morgan fingerprint density at radius 3 is 2.52 bits per heavy atom. The van der Waals surface area contributed by atoms with Crippen LogP contribution in [0.4, 0.5) is 0 Å². The summed E-state index contributed by atoms with van der Waals surface area (Å²) in [6.45, 7) is 3.46. The van der Waals surface area contributed by atoms with Crippen molar-refractivity contribution in [2.45, 2.75) is 26.3 Å². The second kappa shape index (κ2) is 7.28. The van der Waals surface area contributed by atoms with Gasteiger partial charge >= 0.3 is 5.97 Å². The monoisotopic (exact) mass is 336 g/mol. The van der Waals surface area contributed by atoms with Gasteiger partial charge in [-0.1, -0.05) is 25.4 Å². The number of carbonyl (C=O) groups excluding carboxylic acids is 1. The van der Waals surface area contributed by atoms with Gasteiger partial charge in [-0.15, -0.1) is 0 Å². The van der Waals surface area contributed by atoms with Crippen molar-refractivity contribution in [1.29, 1.82) is 0 Å². The molecule has 0 aliphatic carbocycles. The normalized spacial score (nSPS) is 12.2. The second-order valence-corrected chi connectivity index (χ2v) is 5.89. The van der Waals surface area contributed by atoms with Crippen molar-refractivity contribution in [1.82, 2.24) is 10.3 Å². The van der Waals surface area contributed by atoms with E-state index in [2.05, 4.69) is 10.3 Å². The molecule has 1 aromatic heterocycles. The van der Waals surface area contributed by atoms with E-state index in [1.165, 1.54) is 6.26 Å². The summed E-state index contributed by atoms with van der Waals surface area (Å²) in [5.74, 6) is -1.31. The third-order valence-electron chi connectivity index (χ3n) is 3.23. The lowest BCUT2D eigenvalue weighted by Crippen LogP contribution is -2.44. The summed E-state index contributed by atoms with van der Waals surface area (Å²) in [6, 6.07) is 6.03. The number of rotatable bonds is 6. The first-order valence-electron chi connectivity index (χ1n) is 7.09. The molecule has 0 spiro atoms. The molecule has 122 valence electrons. The number of halogens is 1. The number of carbonyl (C=O) groups is 2. The topological polar surface area (TPSA) is 92.4 Å². The first-order valence-corrected chi connectivity index (χ1v) is 7.47. The lowest BCUT2D eigenvalue weighted by atomic mass is 10.0. The maximum Gasteiger partial charge on any atom is 0.326 e. The molecule has 23 heavy (non-hydrogen) atoms. The highest BCUT2D eigenvalue weighted by atomic mass is 35.5. The van der Waals surface area contributed by atoms with Crippen LogP contribution in [-0.2, 0) is 16.0 Å². The van der Waals surface area contributed by atoms with Gasteiger partial charge in [0.15, 0.2) is 0 Å². The van der Waals surface area contributed by atoms with Crippen LogP contribution in [0.1, 0.15) is 19.5 Å². The molecule has 0 unspecified atom stereocenters. The molecule has 0 aliphatic rings. The van der Waals surface area contributed by atoms with Gasteiger partial charge in [0.2, 0.25) is 11.8 Å². The Kier molecular flexibility index (Phi) is 5.39. The molecule has 2 N–H and O–H groups in total. The van der Waals surface area contributed by atoms with E-state index in [-0.39, 0.29) is 12.3 Å². The first-order chi connectivity index (χ1) is 10.9. The van der Waals surface area contributed by atoms with E-state index in [1.807, 2.05) is 0 Å². The Morgan fingerprint density at radius 2 is 1.96 bits per heavy atom. The first kappa shape index (κ1) is 17.0. The molecule has 0 bridgehead atoms. The van der Waals surface area contributed by atoms with Gasteiger partial charge < -0.3 is 14.8 Å². The largest absolute Gasteiger partial charge is 0.480 e. The molecule has 0 saturated carbocycles. The van der Waals surface area contributed by atoms with Crippen LogP contribution < -0.4 is 5.32 Å². The quantitative estimate of drug-likeness (QED) is 0.846. The highest BCUT2D eigenvalue weighted by molar-refractivity contribution is 6.30. The smallest absolute Gasteiger partial charge is 0.326 e. The number of benzene rings is 1. The molecule has 2 aromatic rings. The van der Waals surface area contributed by atoms with Crippen molar-refractivity contribution >= 4 is 23.5 Å². The van der Waals surface area contributed by atoms with Crippen molar-refractivity contribution in [2.24, 2.45) is 5.92 Å². The number of hydrogen-bond acceptors (Lipinski definition) is 4. The minimum atomic E-state index is -1.06. The van der Waals surface area contributed by atoms with Crippen LogP contribution in [0.25, 0.3) is 11.5 Å². The van der Waals surface area contributed by atoms with Gasteiger partial charge in [0.05, 0.1) is 12.1 Å². The summed E-state index contributed by atoms with van der Waals surface area (Å²) in [5, 5.41) is 12.2. The minimum absolute atomic E-state index is 0.0480. The van der Waals surface area contributed by atoms with Crippen LogP contribution in [0, 0.1) is 5.92 Å². The fourth-order valence-corrected chi connectivity index (χ4v) is 2.14. The zero-order chi connectivity index (χ0) is 17.0. The van der Waals surface area contributed by atoms with Gasteiger partial charge in [-0.25, -0.2) is 9.78 Å². The van der Waals surface area contributed by atoms with Crippen molar-refractivity contribution in [3.8, 4) is 11.5 Å². The molecule has 2 rings (SSSR count). The highest BCUT2D eigenvalue weighted by Crippen LogP contribution is 2.21. The van der Waals surface area contributed by atoms with E-state index in [1.54, 1.807) is 38.1 Å². The van der Waals surface area contributed by atoms with Gasteiger partial charge in [0.25, 0.3) is 0 Å². The average molecular weight is 337 g/mol. The van der Waals surface area contributed by atoms with E-state index < -0.39 is 17.9 Å². The van der Waals surface area contributed by atoms with Crippen LogP contribution in [0.3, 0.4) is 0 Å². The second-order valence-electron chi connectivity index (χ2n) is 5.46. The van der Waals surface area contributed by atoms with E-state index in [0.717, 1.165) is 5.56 Å². The lowest BCUT2D eigenvalue weighted by Gasteiger charge is -2.17. The number of oxazole rings is 1. The molecular formula is C16H17ClN2O4. The maximum absolute atomic E-state index is 11.9. The standard InChI is InChI=1S/C16H17ClN2O4/c1-9(2)14(16(21)22)19-13(20)7-12-8-23-15(18-12)10-3-5-11(17)6-4-10/h3-6,8-9,14H,7H2,1-2H3,(H,19,20)(H,21,22)/t14-/m1/s1. The molecule has 1 heterocycles.